The van der Waals surface area contributed by atoms with Crippen LogP contribution in [0.5, 0.6) is 0 Å². The summed E-state index contributed by atoms with van der Waals surface area (Å²) in [5.74, 6) is 0.167. The van der Waals surface area contributed by atoms with Gasteiger partial charge in [-0.3, -0.25) is 0 Å². The Labute approximate surface area is 114 Å². The van der Waals surface area contributed by atoms with E-state index in [9.17, 15) is 17.6 Å². The molecule has 0 aliphatic rings. The quantitative estimate of drug-likeness (QED) is 0.528. The van der Waals surface area contributed by atoms with E-state index in [1.165, 1.54) is 38.1 Å². The zero-order valence-electron chi connectivity index (χ0n) is 10.8. The van der Waals surface area contributed by atoms with Gasteiger partial charge in [-0.05, 0) is 31.5 Å². The number of hydrogen-bond acceptors (Lipinski definition) is 0. The first-order valence-corrected chi connectivity index (χ1v) is 5.83. The summed E-state index contributed by atoms with van der Waals surface area (Å²) in [4.78, 5) is 0. The van der Waals surface area contributed by atoms with Crippen molar-refractivity contribution in [1.82, 2.24) is 0 Å². The third-order valence-electron chi connectivity index (χ3n) is 2.91. The first-order valence-electron chi connectivity index (χ1n) is 5.83. The minimum atomic E-state index is -1.24. The van der Waals surface area contributed by atoms with Gasteiger partial charge >= 0.3 is 0 Å². The summed E-state index contributed by atoms with van der Waals surface area (Å²) in [7, 11) is 0. The molecule has 0 saturated carbocycles. The minimum absolute atomic E-state index is 0.0978. The van der Waals surface area contributed by atoms with Crippen LogP contribution >= 0.6 is 0 Å². The van der Waals surface area contributed by atoms with E-state index in [0.29, 0.717) is 0 Å². The van der Waals surface area contributed by atoms with Crippen LogP contribution < -0.4 is 0 Å². The maximum Gasteiger partial charge on any atom is 0.175 e. The first kappa shape index (κ1) is 14.1. The van der Waals surface area contributed by atoms with Gasteiger partial charge in [0.2, 0.25) is 0 Å². The summed E-state index contributed by atoms with van der Waals surface area (Å²) in [5.41, 5.74) is -0.677. The van der Waals surface area contributed by atoms with Gasteiger partial charge in [0.05, 0.1) is 5.56 Å². The van der Waals surface area contributed by atoms with Gasteiger partial charge in [-0.25, -0.2) is 17.6 Å². The molecule has 0 aromatic heterocycles. The van der Waals surface area contributed by atoms with E-state index in [0.717, 1.165) is 0 Å². The SMILES string of the molecule is CC#Cc1ccc(-c2ccc(C)c(F)c2F)c(F)c1F. The number of halogens is 4. The molecule has 0 radical (unpaired) electrons. The molecule has 2 rings (SSSR count). The van der Waals surface area contributed by atoms with E-state index in [-0.39, 0.29) is 22.3 Å². The van der Waals surface area contributed by atoms with E-state index < -0.39 is 23.3 Å². The lowest BCUT2D eigenvalue weighted by atomic mass is 10.0. The van der Waals surface area contributed by atoms with Crippen molar-refractivity contribution in [2.75, 3.05) is 0 Å². The maximum atomic E-state index is 14.0. The van der Waals surface area contributed by atoms with Gasteiger partial charge in [0.1, 0.15) is 0 Å². The van der Waals surface area contributed by atoms with Crippen LogP contribution in [0, 0.1) is 42.0 Å². The summed E-state index contributed by atoms with van der Waals surface area (Å²) in [6, 6.07) is 4.95. The normalized spacial score (nSPS) is 10.1. The van der Waals surface area contributed by atoms with Gasteiger partial charge < -0.3 is 0 Å². The fraction of sp³-hybridized carbons (Fsp3) is 0.125. The number of benzene rings is 2. The molecular formula is C16H10F4. The van der Waals surface area contributed by atoms with Crippen LogP contribution in [0.4, 0.5) is 17.6 Å². The van der Waals surface area contributed by atoms with E-state index in [4.69, 9.17) is 0 Å². The van der Waals surface area contributed by atoms with Gasteiger partial charge in [-0.2, -0.15) is 0 Å². The Balaban J connectivity index is 2.68. The predicted octanol–water partition coefficient (Wildman–Crippen LogP) is 4.59. The summed E-state index contributed by atoms with van der Waals surface area (Å²) >= 11 is 0. The molecule has 4 heteroatoms. The fourth-order valence-electron chi connectivity index (χ4n) is 1.84. The Morgan fingerprint density at radius 2 is 1.30 bits per heavy atom. The molecule has 0 atom stereocenters. The molecule has 0 unspecified atom stereocenters. The third-order valence-corrected chi connectivity index (χ3v) is 2.91. The van der Waals surface area contributed by atoms with Crippen molar-refractivity contribution in [1.29, 1.82) is 0 Å². The highest BCUT2D eigenvalue weighted by molar-refractivity contribution is 5.66. The smallest absolute Gasteiger partial charge is 0.175 e. The predicted molar refractivity (Wildman–Crippen MR) is 69.0 cm³/mol. The largest absolute Gasteiger partial charge is 0.203 e. The van der Waals surface area contributed by atoms with Gasteiger partial charge in [0, 0.05) is 11.1 Å². The van der Waals surface area contributed by atoms with Gasteiger partial charge in [0.25, 0.3) is 0 Å². The van der Waals surface area contributed by atoms with E-state index in [1.54, 1.807) is 0 Å². The molecule has 0 spiro atoms. The van der Waals surface area contributed by atoms with Crippen LogP contribution in [0.2, 0.25) is 0 Å². The van der Waals surface area contributed by atoms with Crippen LogP contribution in [-0.4, -0.2) is 0 Å². The highest BCUT2D eigenvalue weighted by Gasteiger charge is 2.19. The van der Waals surface area contributed by atoms with Crippen LogP contribution in [0.15, 0.2) is 24.3 Å². The van der Waals surface area contributed by atoms with Gasteiger partial charge in [-0.1, -0.05) is 18.1 Å². The maximum absolute atomic E-state index is 14.0. The molecule has 0 saturated heterocycles. The highest BCUT2D eigenvalue weighted by Crippen LogP contribution is 2.30. The molecule has 0 aliphatic carbocycles. The summed E-state index contributed by atoms with van der Waals surface area (Å²) < 4.78 is 55.0. The second-order valence-corrected chi connectivity index (χ2v) is 4.22. The lowest BCUT2D eigenvalue weighted by Crippen LogP contribution is -1.98. The molecule has 2 aromatic carbocycles. The van der Waals surface area contributed by atoms with Gasteiger partial charge in [-0.15, -0.1) is 5.92 Å². The lowest BCUT2D eigenvalue weighted by molar-refractivity contribution is 0.497. The second kappa shape index (κ2) is 5.38. The molecule has 0 nitrogen and oxygen atoms in total. The summed E-state index contributed by atoms with van der Waals surface area (Å²) in [5, 5.41) is 0. The van der Waals surface area contributed by atoms with Gasteiger partial charge in [0.15, 0.2) is 23.3 Å². The molecule has 0 amide bonds. The Bertz CT molecular complexity index is 736. The zero-order chi connectivity index (χ0) is 14.9. The monoisotopic (exact) mass is 278 g/mol. The standard InChI is InChI=1S/C16H10F4/c1-3-4-10-6-8-12(16(20)14(10)18)11-7-5-9(2)13(17)15(11)19/h5-8H,1-2H3. The highest BCUT2D eigenvalue weighted by atomic mass is 19.2. The van der Waals surface area contributed by atoms with Crippen LogP contribution in [0.25, 0.3) is 11.1 Å². The van der Waals surface area contributed by atoms with Crippen LogP contribution in [-0.2, 0) is 0 Å². The fourth-order valence-corrected chi connectivity index (χ4v) is 1.84. The molecule has 0 bridgehead atoms. The second-order valence-electron chi connectivity index (χ2n) is 4.22. The Morgan fingerprint density at radius 3 is 1.90 bits per heavy atom. The van der Waals surface area contributed by atoms with Crippen molar-refractivity contribution in [2.45, 2.75) is 13.8 Å². The topological polar surface area (TPSA) is 0 Å². The Kier molecular flexibility index (Phi) is 3.80. The van der Waals surface area contributed by atoms with Crippen molar-refractivity contribution in [3.8, 4) is 23.0 Å². The molecule has 102 valence electrons. The van der Waals surface area contributed by atoms with Crippen molar-refractivity contribution >= 4 is 0 Å². The number of aryl methyl sites for hydroxylation is 1. The molecule has 0 aliphatic heterocycles. The van der Waals surface area contributed by atoms with Crippen molar-refractivity contribution in [3.63, 3.8) is 0 Å². The Morgan fingerprint density at radius 1 is 0.750 bits per heavy atom. The van der Waals surface area contributed by atoms with E-state index in [2.05, 4.69) is 11.8 Å². The lowest BCUT2D eigenvalue weighted by Gasteiger charge is -2.08. The van der Waals surface area contributed by atoms with Crippen LogP contribution in [0.1, 0.15) is 18.1 Å². The van der Waals surface area contributed by atoms with Crippen molar-refractivity contribution < 1.29 is 17.6 Å². The van der Waals surface area contributed by atoms with Crippen molar-refractivity contribution in [3.05, 3.63) is 58.7 Å². The number of rotatable bonds is 1. The zero-order valence-corrected chi connectivity index (χ0v) is 10.8. The summed E-state index contributed by atoms with van der Waals surface area (Å²) in [6.45, 7) is 2.87. The molecule has 20 heavy (non-hydrogen) atoms. The Hall–Kier alpha value is -2.28. The molecule has 0 heterocycles. The third kappa shape index (κ3) is 2.27. The van der Waals surface area contributed by atoms with E-state index in [1.807, 2.05) is 0 Å². The minimum Gasteiger partial charge on any atom is -0.203 e. The summed E-state index contributed by atoms with van der Waals surface area (Å²) in [6.07, 6.45) is 0. The van der Waals surface area contributed by atoms with Crippen molar-refractivity contribution in [2.24, 2.45) is 0 Å². The van der Waals surface area contributed by atoms with E-state index >= 15 is 0 Å². The molecule has 2 aromatic rings. The first-order chi connectivity index (χ1) is 9.47. The molecule has 0 N–H and O–H groups in total. The molecule has 0 fully saturated rings. The molecular weight excluding hydrogens is 268 g/mol. The average molecular weight is 278 g/mol. The number of hydrogen-bond donors (Lipinski definition) is 0. The average Bonchev–Trinajstić information content (AvgIpc) is 2.43. The van der Waals surface area contributed by atoms with Crippen LogP contribution in [0.3, 0.4) is 0 Å².